The van der Waals surface area contributed by atoms with Crippen LogP contribution in [0.4, 0.5) is 18.9 Å². The molecule has 0 radical (unpaired) electrons. The summed E-state index contributed by atoms with van der Waals surface area (Å²) in [6, 6.07) is 20.2. The van der Waals surface area contributed by atoms with Crippen LogP contribution in [0.3, 0.4) is 0 Å². The summed E-state index contributed by atoms with van der Waals surface area (Å²) < 4.78 is 45.7. The van der Waals surface area contributed by atoms with Gasteiger partial charge in [-0.2, -0.15) is 13.2 Å². The minimum atomic E-state index is -4.65. The number of ether oxygens (including phenoxy) is 1. The number of nitrogens with one attached hydrogen (secondary N) is 1. The van der Waals surface area contributed by atoms with Crippen molar-refractivity contribution in [3.8, 4) is 11.3 Å². The Morgan fingerprint density at radius 1 is 0.880 bits per heavy atom. The average Bonchev–Trinajstić information content (AvgIpc) is 3.14. The zero-order chi connectivity index (χ0) is 35.7. The minimum absolute atomic E-state index is 0.0171. The number of halogens is 3. The lowest BCUT2D eigenvalue weighted by atomic mass is 9.92. The summed E-state index contributed by atoms with van der Waals surface area (Å²) in [5.74, 6) is -1.69. The third-order valence-corrected chi connectivity index (χ3v) is 8.75. The number of aryl methyl sites for hydroxylation is 2. The molecule has 3 amide bonds. The summed E-state index contributed by atoms with van der Waals surface area (Å²) in [6.07, 6.45) is 1.97. The van der Waals surface area contributed by atoms with Crippen molar-refractivity contribution < 1.29 is 32.3 Å². The number of nitrogens with two attached hydrogens (primary N) is 1. The van der Waals surface area contributed by atoms with Crippen molar-refractivity contribution in [1.82, 2.24) is 14.8 Å². The second kappa shape index (κ2) is 16.6. The number of primary amides is 1. The van der Waals surface area contributed by atoms with Crippen LogP contribution in [-0.4, -0.2) is 78.9 Å². The zero-order valence-electron chi connectivity index (χ0n) is 27.8. The molecule has 4 aromatic rings. The van der Waals surface area contributed by atoms with Crippen LogP contribution in [0.1, 0.15) is 60.6 Å². The molecule has 12 heteroatoms. The molecule has 2 aliphatic rings. The summed E-state index contributed by atoms with van der Waals surface area (Å²) in [6.45, 7) is 4.08. The van der Waals surface area contributed by atoms with Gasteiger partial charge in [-0.25, -0.2) is 0 Å². The van der Waals surface area contributed by atoms with Gasteiger partial charge in [-0.15, -0.1) is 0 Å². The first-order valence-electron chi connectivity index (χ1n) is 16.5. The molecule has 1 fully saturated rings. The molecule has 0 spiro atoms. The molecule has 0 atom stereocenters. The van der Waals surface area contributed by atoms with E-state index in [2.05, 4.69) is 39.5 Å². The van der Waals surface area contributed by atoms with E-state index in [0.29, 0.717) is 31.9 Å². The number of carbonyl (C=O) groups excluding carboxylic acids is 3. The highest BCUT2D eigenvalue weighted by Gasteiger charge is 2.31. The highest BCUT2D eigenvalue weighted by molar-refractivity contribution is 6.08. The molecule has 9 nitrogen and oxygen atoms in total. The van der Waals surface area contributed by atoms with Gasteiger partial charge in [0.15, 0.2) is 0 Å². The first-order valence-corrected chi connectivity index (χ1v) is 16.5. The van der Waals surface area contributed by atoms with Crippen LogP contribution < -0.4 is 11.1 Å². The Labute approximate surface area is 289 Å². The number of likely N-dealkylation sites (N-methyl/N-ethyl adjacent to an activating group) is 1. The minimum Gasteiger partial charge on any atom is -0.379 e. The number of anilines is 1. The SMILES string of the molecule is CN(CCN1CCOCC1)C(=O)c1cccc(C(=O)Nc2ccc(C(F)(F)F)cc2-c2cc(C(N)=O)ccn2)c1.c1ccc2c(c1)CCCC2. The molecule has 3 N–H and O–H groups in total. The predicted octanol–water partition coefficient (Wildman–Crippen LogP) is 6.09. The van der Waals surface area contributed by atoms with Crippen molar-refractivity contribution in [2.24, 2.45) is 5.73 Å². The van der Waals surface area contributed by atoms with Crippen molar-refractivity contribution in [2.75, 3.05) is 51.8 Å². The van der Waals surface area contributed by atoms with Crippen LogP contribution in [0.2, 0.25) is 0 Å². The van der Waals surface area contributed by atoms with Crippen LogP contribution >= 0.6 is 0 Å². The fourth-order valence-corrected chi connectivity index (χ4v) is 5.87. The number of nitrogens with zero attached hydrogens (tertiary/aromatic N) is 3. The van der Waals surface area contributed by atoms with Gasteiger partial charge >= 0.3 is 6.18 Å². The van der Waals surface area contributed by atoms with Gasteiger partial charge in [-0.1, -0.05) is 30.3 Å². The Hall–Kier alpha value is -5.07. The van der Waals surface area contributed by atoms with Gasteiger partial charge < -0.3 is 20.7 Å². The van der Waals surface area contributed by atoms with E-state index in [-0.39, 0.29) is 34.0 Å². The van der Waals surface area contributed by atoms with Gasteiger partial charge in [0.2, 0.25) is 5.91 Å². The van der Waals surface area contributed by atoms with E-state index in [4.69, 9.17) is 10.5 Å². The quantitative estimate of drug-likeness (QED) is 0.232. The van der Waals surface area contributed by atoms with Gasteiger partial charge in [0, 0.05) is 61.7 Å². The van der Waals surface area contributed by atoms with E-state index in [1.165, 1.54) is 56.1 Å². The normalized spacial score (nSPS) is 14.5. The van der Waals surface area contributed by atoms with E-state index in [1.54, 1.807) is 35.2 Å². The Balaban J connectivity index is 0.000000412. The second-order valence-corrected chi connectivity index (χ2v) is 12.2. The lowest BCUT2D eigenvalue weighted by Gasteiger charge is -2.28. The van der Waals surface area contributed by atoms with Crippen molar-refractivity contribution >= 4 is 23.4 Å². The number of alkyl halides is 3. The monoisotopic (exact) mass is 687 g/mol. The molecule has 0 unspecified atom stereocenters. The highest BCUT2D eigenvalue weighted by Crippen LogP contribution is 2.36. The summed E-state index contributed by atoms with van der Waals surface area (Å²) in [4.78, 5) is 45.6. The van der Waals surface area contributed by atoms with E-state index in [9.17, 15) is 27.6 Å². The van der Waals surface area contributed by atoms with Gasteiger partial charge in [0.25, 0.3) is 11.8 Å². The lowest BCUT2D eigenvalue weighted by molar-refractivity contribution is -0.137. The van der Waals surface area contributed by atoms with Crippen LogP contribution in [0.15, 0.2) is 85.1 Å². The van der Waals surface area contributed by atoms with E-state index in [0.717, 1.165) is 31.3 Å². The molecule has 0 bridgehead atoms. The Bertz CT molecular complexity index is 1800. The van der Waals surface area contributed by atoms with Gasteiger partial charge in [0.1, 0.15) is 0 Å². The number of morpholine rings is 1. The Morgan fingerprint density at radius 2 is 1.56 bits per heavy atom. The molecule has 1 saturated heterocycles. The predicted molar refractivity (Wildman–Crippen MR) is 185 cm³/mol. The number of carbonyl (C=O) groups is 3. The number of aromatic nitrogens is 1. The van der Waals surface area contributed by atoms with E-state index in [1.807, 2.05) is 0 Å². The van der Waals surface area contributed by atoms with Crippen molar-refractivity contribution in [3.05, 3.63) is 118 Å². The number of rotatable bonds is 8. The molecule has 262 valence electrons. The first-order chi connectivity index (χ1) is 24.0. The molecule has 1 aliphatic heterocycles. The smallest absolute Gasteiger partial charge is 0.379 e. The second-order valence-electron chi connectivity index (χ2n) is 12.2. The number of hydrogen-bond acceptors (Lipinski definition) is 6. The molecule has 2 heterocycles. The number of hydrogen-bond donors (Lipinski definition) is 2. The van der Waals surface area contributed by atoms with E-state index >= 15 is 0 Å². The third kappa shape index (κ3) is 9.54. The number of pyridine rings is 1. The van der Waals surface area contributed by atoms with Crippen LogP contribution in [0.5, 0.6) is 0 Å². The summed E-state index contributed by atoms with van der Waals surface area (Å²) in [5.41, 5.74) is 7.98. The Morgan fingerprint density at radius 3 is 2.22 bits per heavy atom. The van der Waals surface area contributed by atoms with Crippen LogP contribution in [0.25, 0.3) is 11.3 Å². The molecule has 1 aromatic heterocycles. The maximum atomic E-state index is 13.5. The highest BCUT2D eigenvalue weighted by atomic mass is 19.4. The summed E-state index contributed by atoms with van der Waals surface area (Å²) in [7, 11) is 1.68. The van der Waals surface area contributed by atoms with Gasteiger partial charge in [-0.3, -0.25) is 24.3 Å². The fourth-order valence-electron chi connectivity index (χ4n) is 5.87. The lowest BCUT2D eigenvalue weighted by Crippen LogP contribution is -2.41. The standard InChI is InChI=1S/C28H28F3N5O4.C10H12/c1-35(9-10-36-11-13-40-14-12-36)27(39)20-4-2-3-19(15-20)26(38)34-23-6-5-21(28(29,30)31)17-22(23)24-16-18(25(32)37)7-8-33-24;1-2-6-10-8-4-3-7-9(10)5-1/h2-8,15-17H,9-14H2,1H3,(H2,32,37)(H,34,38);1-2,5-6H,3-4,7-8H2. The zero-order valence-corrected chi connectivity index (χ0v) is 27.8. The number of fused-ring (bicyclic) bond motifs is 1. The molecule has 3 aromatic carbocycles. The Kier molecular flexibility index (Phi) is 12.0. The molecule has 6 rings (SSSR count). The largest absolute Gasteiger partial charge is 0.416 e. The van der Waals surface area contributed by atoms with E-state index < -0.39 is 23.6 Å². The number of amides is 3. The topological polar surface area (TPSA) is 118 Å². The fraction of sp³-hybridized carbons (Fsp3) is 0.316. The van der Waals surface area contributed by atoms with Crippen molar-refractivity contribution in [2.45, 2.75) is 31.9 Å². The summed E-state index contributed by atoms with van der Waals surface area (Å²) >= 11 is 0. The summed E-state index contributed by atoms with van der Waals surface area (Å²) in [5, 5.41) is 2.61. The molecule has 50 heavy (non-hydrogen) atoms. The third-order valence-electron chi connectivity index (χ3n) is 8.75. The van der Waals surface area contributed by atoms with Crippen LogP contribution in [-0.2, 0) is 23.8 Å². The maximum absolute atomic E-state index is 13.5. The number of benzene rings is 3. The van der Waals surface area contributed by atoms with Crippen LogP contribution in [0, 0.1) is 0 Å². The van der Waals surface area contributed by atoms with Crippen molar-refractivity contribution in [3.63, 3.8) is 0 Å². The maximum Gasteiger partial charge on any atom is 0.416 e. The molecular formula is C38H40F3N5O4. The van der Waals surface area contributed by atoms with Gasteiger partial charge in [-0.05, 0) is 85.3 Å². The molecule has 0 saturated carbocycles. The first kappa shape index (κ1) is 36.2. The molecular weight excluding hydrogens is 647 g/mol. The van der Waals surface area contributed by atoms with Crippen molar-refractivity contribution in [1.29, 1.82) is 0 Å². The van der Waals surface area contributed by atoms with Gasteiger partial charge in [0.05, 0.1) is 30.2 Å². The average molecular weight is 688 g/mol. The molecule has 1 aliphatic carbocycles.